The summed E-state index contributed by atoms with van der Waals surface area (Å²) in [7, 11) is 0. The van der Waals surface area contributed by atoms with E-state index in [1.54, 1.807) is 12.4 Å². The molecule has 2 heterocycles. The van der Waals surface area contributed by atoms with E-state index >= 15 is 0 Å². The first kappa shape index (κ1) is 12.6. The van der Waals surface area contributed by atoms with E-state index in [2.05, 4.69) is 9.88 Å². The summed E-state index contributed by atoms with van der Waals surface area (Å²) in [5.74, 6) is 0. The van der Waals surface area contributed by atoms with Crippen LogP contribution in [0.1, 0.15) is 12.8 Å². The number of pyridine rings is 1. The molecule has 1 aliphatic rings. The lowest BCUT2D eigenvalue weighted by Crippen LogP contribution is -2.37. The highest BCUT2D eigenvalue weighted by molar-refractivity contribution is 6.33. The fraction of sp³-hybridized carbons (Fsp3) is 0.583. The van der Waals surface area contributed by atoms with Crippen LogP contribution in [-0.2, 0) is 4.74 Å². The number of ether oxygens (including phenoxy) is 1. The van der Waals surface area contributed by atoms with Crippen LogP contribution in [0.4, 0.5) is 5.69 Å². The number of nitrogens with two attached hydrogens (primary N) is 1. The van der Waals surface area contributed by atoms with Crippen LogP contribution in [0.15, 0.2) is 18.5 Å². The van der Waals surface area contributed by atoms with Crippen LogP contribution in [0.2, 0.25) is 5.02 Å². The van der Waals surface area contributed by atoms with Crippen molar-refractivity contribution >= 4 is 17.3 Å². The zero-order valence-corrected chi connectivity index (χ0v) is 10.6. The second kappa shape index (κ2) is 6.19. The molecule has 1 fully saturated rings. The highest BCUT2D eigenvalue weighted by Gasteiger charge is 2.20. The Bertz CT molecular complexity index is 353. The predicted molar refractivity (Wildman–Crippen MR) is 69.5 cm³/mol. The van der Waals surface area contributed by atoms with Crippen LogP contribution < -0.4 is 10.6 Å². The Balaban J connectivity index is 1.89. The van der Waals surface area contributed by atoms with Crippen molar-refractivity contribution in [1.29, 1.82) is 0 Å². The summed E-state index contributed by atoms with van der Waals surface area (Å²) in [5, 5.41) is 0.717. The first-order valence-corrected chi connectivity index (χ1v) is 6.35. The molecule has 2 N–H and O–H groups in total. The molecular weight excluding hydrogens is 238 g/mol. The molecule has 2 rings (SSSR count). The molecule has 0 unspecified atom stereocenters. The molecular formula is C12H18ClN3O. The van der Waals surface area contributed by atoms with Crippen LogP contribution in [0, 0.1) is 0 Å². The lowest BCUT2D eigenvalue weighted by Gasteiger charge is -2.33. The van der Waals surface area contributed by atoms with Gasteiger partial charge in [0.1, 0.15) is 0 Å². The number of hydrogen-bond acceptors (Lipinski definition) is 4. The maximum atomic E-state index is 6.13. The highest BCUT2D eigenvalue weighted by Crippen LogP contribution is 2.27. The van der Waals surface area contributed by atoms with Crippen molar-refractivity contribution in [1.82, 2.24) is 4.98 Å². The van der Waals surface area contributed by atoms with Gasteiger partial charge < -0.3 is 15.4 Å². The molecule has 1 aromatic rings. The van der Waals surface area contributed by atoms with Gasteiger partial charge in [0, 0.05) is 32.0 Å². The minimum absolute atomic E-state index is 0.343. The quantitative estimate of drug-likeness (QED) is 0.890. The van der Waals surface area contributed by atoms with Crippen LogP contribution in [-0.4, -0.2) is 37.3 Å². The Morgan fingerprint density at radius 2 is 2.24 bits per heavy atom. The summed E-state index contributed by atoms with van der Waals surface area (Å²) in [6.07, 6.45) is 5.86. The van der Waals surface area contributed by atoms with Crippen LogP contribution >= 0.6 is 11.6 Å². The minimum atomic E-state index is 0.343. The van der Waals surface area contributed by atoms with Crippen molar-refractivity contribution in [2.75, 3.05) is 31.1 Å². The number of hydrogen-bond donors (Lipinski definition) is 1. The Hall–Kier alpha value is -0.840. The van der Waals surface area contributed by atoms with E-state index < -0.39 is 0 Å². The van der Waals surface area contributed by atoms with Gasteiger partial charge in [-0.2, -0.15) is 0 Å². The average Bonchev–Trinajstić information content (AvgIpc) is 2.38. The number of aromatic nitrogens is 1. The van der Waals surface area contributed by atoms with Crippen LogP contribution in [0.3, 0.4) is 0 Å². The van der Waals surface area contributed by atoms with Gasteiger partial charge in [-0.15, -0.1) is 0 Å². The lowest BCUT2D eigenvalue weighted by atomic mass is 10.1. The van der Waals surface area contributed by atoms with Crippen LogP contribution in [0.25, 0.3) is 0 Å². The summed E-state index contributed by atoms with van der Waals surface area (Å²) in [5.41, 5.74) is 6.49. The molecule has 0 spiro atoms. The lowest BCUT2D eigenvalue weighted by molar-refractivity contribution is 0.0422. The topological polar surface area (TPSA) is 51.4 Å². The summed E-state index contributed by atoms with van der Waals surface area (Å²) < 4.78 is 5.65. The number of piperidine rings is 1. The number of rotatable bonds is 4. The number of halogens is 1. The monoisotopic (exact) mass is 255 g/mol. The largest absolute Gasteiger partial charge is 0.377 e. The fourth-order valence-electron chi connectivity index (χ4n) is 2.12. The highest BCUT2D eigenvalue weighted by atomic mass is 35.5. The van der Waals surface area contributed by atoms with E-state index in [-0.39, 0.29) is 0 Å². The van der Waals surface area contributed by atoms with Crippen molar-refractivity contribution in [3.63, 3.8) is 0 Å². The molecule has 0 atom stereocenters. The standard InChI is InChI=1S/C12H18ClN3O/c13-11-9-15-5-1-12(11)16-6-2-10(3-7-16)17-8-4-14/h1,5,9-10H,2-4,6-8,14H2. The normalized spacial score (nSPS) is 17.4. The van der Waals surface area contributed by atoms with Crippen molar-refractivity contribution in [3.8, 4) is 0 Å². The van der Waals surface area contributed by atoms with Gasteiger partial charge in [0.25, 0.3) is 0 Å². The van der Waals surface area contributed by atoms with E-state index in [1.165, 1.54) is 0 Å². The second-order valence-electron chi connectivity index (χ2n) is 4.17. The smallest absolute Gasteiger partial charge is 0.0822 e. The van der Waals surface area contributed by atoms with Gasteiger partial charge in [-0.25, -0.2) is 0 Å². The van der Waals surface area contributed by atoms with E-state index in [4.69, 9.17) is 22.1 Å². The molecule has 0 aromatic carbocycles. The second-order valence-corrected chi connectivity index (χ2v) is 4.58. The number of nitrogens with zero attached hydrogens (tertiary/aromatic N) is 2. The third-order valence-electron chi connectivity index (χ3n) is 3.01. The predicted octanol–water partition coefficient (Wildman–Crippen LogP) is 1.68. The Morgan fingerprint density at radius 3 is 2.88 bits per heavy atom. The van der Waals surface area contributed by atoms with Gasteiger partial charge >= 0.3 is 0 Å². The molecule has 5 heteroatoms. The summed E-state index contributed by atoms with van der Waals surface area (Å²) in [6.45, 7) is 3.19. The maximum absolute atomic E-state index is 6.13. The summed E-state index contributed by atoms with van der Waals surface area (Å²) in [4.78, 5) is 6.28. The Labute approximate surface area is 107 Å². The van der Waals surface area contributed by atoms with Crippen molar-refractivity contribution in [3.05, 3.63) is 23.5 Å². The average molecular weight is 256 g/mol. The molecule has 1 aliphatic heterocycles. The van der Waals surface area contributed by atoms with E-state index in [0.29, 0.717) is 24.3 Å². The van der Waals surface area contributed by atoms with Crippen molar-refractivity contribution in [2.24, 2.45) is 5.73 Å². The SMILES string of the molecule is NCCOC1CCN(c2ccncc2Cl)CC1. The van der Waals surface area contributed by atoms with Crippen molar-refractivity contribution in [2.45, 2.75) is 18.9 Å². The molecule has 0 saturated carbocycles. The Morgan fingerprint density at radius 1 is 1.47 bits per heavy atom. The van der Waals surface area contributed by atoms with Gasteiger partial charge in [0.05, 0.1) is 23.4 Å². The summed E-state index contributed by atoms with van der Waals surface area (Å²) >= 11 is 6.13. The van der Waals surface area contributed by atoms with Crippen LogP contribution in [0.5, 0.6) is 0 Å². The van der Waals surface area contributed by atoms with E-state index in [0.717, 1.165) is 31.6 Å². The fourth-order valence-corrected chi connectivity index (χ4v) is 2.36. The molecule has 17 heavy (non-hydrogen) atoms. The molecule has 1 aromatic heterocycles. The molecule has 94 valence electrons. The van der Waals surface area contributed by atoms with Gasteiger partial charge in [-0.3, -0.25) is 4.98 Å². The minimum Gasteiger partial charge on any atom is -0.377 e. The molecule has 0 aliphatic carbocycles. The zero-order chi connectivity index (χ0) is 12.1. The zero-order valence-electron chi connectivity index (χ0n) is 9.81. The molecule has 1 saturated heterocycles. The molecule has 0 bridgehead atoms. The number of anilines is 1. The Kier molecular flexibility index (Phi) is 4.59. The van der Waals surface area contributed by atoms with Gasteiger partial charge in [-0.05, 0) is 18.9 Å². The van der Waals surface area contributed by atoms with E-state index in [9.17, 15) is 0 Å². The van der Waals surface area contributed by atoms with Gasteiger partial charge in [0.2, 0.25) is 0 Å². The van der Waals surface area contributed by atoms with Gasteiger partial charge in [0.15, 0.2) is 0 Å². The first-order valence-electron chi connectivity index (χ1n) is 5.97. The van der Waals surface area contributed by atoms with E-state index in [1.807, 2.05) is 6.07 Å². The first-order chi connectivity index (χ1) is 8.31. The van der Waals surface area contributed by atoms with Crippen molar-refractivity contribution < 1.29 is 4.74 Å². The van der Waals surface area contributed by atoms with Gasteiger partial charge in [-0.1, -0.05) is 11.6 Å². The molecule has 4 nitrogen and oxygen atoms in total. The maximum Gasteiger partial charge on any atom is 0.0822 e. The molecule has 0 radical (unpaired) electrons. The third kappa shape index (κ3) is 3.31. The third-order valence-corrected chi connectivity index (χ3v) is 3.30. The molecule has 0 amide bonds. The summed E-state index contributed by atoms with van der Waals surface area (Å²) in [6, 6.07) is 1.96.